The van der Waals surface area contributed by atoms with Crippen LogP contribution >= 0.6 is 0 Å². The minimum atomic E-state index is 0.321. The molecule has 0 saturated heterocycles. The molecule has 1 aromatic heterocycles. The molecule has 2 rings (SSSR count). The molecule has 0 radical (unpaired) electrons. The van der Waals surface area contributed by atoms with Crippen LogP contribution in [0.4, 0.5) is 0 Å². The topological polar surface area (TPSA) is 37.2 Å². The molecular weight excluding hydrogens is 224 g/mol. The molecule has 0 fully saturated rings. The van der Waals surface area contributed by atoms with Gasteiger partial charge in [-0.15, -0.1) is 0 Å². The summed E-state index contributed by atoms with van der Waals surface area (Å²) in [6, 6.07) is 12.1. The van der Waals surface area contributed by atoms with Gasteiger partial charge in [-0.25, -0.2) is 0 Å². The van der Waals surface area contributed by atoms with Crippen LogP contribution < -0.4 is 5.32 Å². The Morgan fingerprint density at radius 3 is 2.78 bits per heavy atom. The summed E-state index contributed by atoms with van der Waals surface area (Å²) in [5.74, 6) is 0.321. The maximum absolute atomic E-state index is 9.47. The van der Waals surface area contributed by atoms with Gasteiger partial charge in [-0.3, -0.25) is 0 Å². The van der Waals surface area contributed by atoms with Crippen molar-refractivity contribution in [2.24, 2.45) is 0 Å². The van der Waals surface area contributed by atoms with Crippen molar-refractivity contribution in [1.82, 2.24) is 9.88 Å². The van der Waals surface area contributed by atoms with Crippen molar-refractivity contribution in [3.05, 3.63) is 53.9 Å². The Hall–Kier alpha value is -1.74. The van der Waals surface area contributed by atoms with Crippen LogP contribution in [0.1, 0.15) is 25.1 Å². The maximum atomic E-state index is 9.47. The van der Waals surface area contributed by atoms with Crippen LogP contribution in [0.3, 0.4) is 0 Å². The lowest BCUT2D eigenvalue weighted by atomic mass is 10.2. The van der Waals surface area contributed by atoms with E-state index in [2.05, 4.69) is 42.1 Å². The van der Waals surface area contributed by atoms with Gasteiger partial charge in [-0.1, -0.05) is 26.0 Å². The Morgan fingerprint density at radius 1 is 1.22 bits per heavy atom. The number of aromatic nitrogens is 1. The molecule has 2 N–H and O–H groups in total. The SMILES string of the molecule is CC(C)NCc1cccn1Cc1cccc(O)c1. The zero-order valence-electron chi connectivity index (χ0n) is 10.9. The maximum Gasteiger partial charge on any atom is 0.115 e. The van der Waals surface area contributed by atoms with Gasteiger partial charge in [0.25, 0.3) is 0 Å². The summed E-state index contributed by atoms with van der Waals surface area (Å²) >= 11 is 0. The molecule has 3 heteroatoms. The van der Waals surface area contributed by atoms with Crippen molar-refractivity contribution in [2.75, 3.05) is 0 Å². The molecule has 1 heterocycles. The summed E-state index contributed by atoms with van der Waals surface area (Å²) in [7, 11) is 0. The molecule has 1 aromatic carbocycles. The number of rotatable bonds is 5. The number of benzene rings is 1. The number of phenols is 1. The number of nitrogens with zero attached hydrogens (tertiary/aromatic N) is 1. The highest BCUT2D eigenvalue weighted by Gasteiger charge is 2.03. The lowest BCUT2D eigenvalue weighted by Gasteiger charge is -2.12. The zero-order valence-corrected chi connectivity index (χ0v) is 10.9. The number of nitrogens with one attached hydrogen (secondary N) is 1. The highest BCUT2D eigenvalue weighted by Crippen LogP contribution is 2.13. The van der Waals surface area contributed by atoms with E-state index in [-0.39, 0.29) is 0 Å². The van der Waals surface area contributed by atoms with Crippen LogP contribution in [-0.4, -0.2) is 15.7 Å². The first-order valence-electron chi connectivity index (χ1n) is 6.30. The van der Waals surface area contributed by atoms with E-state index in [0.717, 1.165) is 18.7 Å². The molecule has 3 nitrogen and oxygen atoms in total. The Morgan fingerprint density at radius 2 is 2.06 bits per heavy atom. The van der Waals surface area contributed by atoms with Crippen molar-refractivity contribution >= 4 is 0 Å². The van der Waals surface area contributed by atoms with E-state index in [0.29, 0.717) is 11.8 Å². The molecule has 0 aliphatic carbocycles. The van der Waals surface area contributed by atoms with Crippen LogP contribution in [0.2, 0.25) is 0 Å². The Kier molecular flexibility index (Phi) is 4.05. The van der Waals surface area contributed by atoms with E-state index in [4.69, 9.17) is 0 Å². The number of hydrogen-bond acceptors (Lipinski definition) is 2. The Labute approximate surface area is 108 Å². The van der Waals surface area contributed by atoms with Gasteiger partial charge in [0.15, 0.2) is 0 Å². The van der Waals surface area contributed by atoms with Crippen molar-refractivity contribution in [3.8, 4) is 5.75 Å². The third-order valence-corrected chi connectivity index (χ3v) is 2.88. The predicted octanol–water partition coefficient (Wildman–Crippen LogP) is 2.74. The minimum absolute atomic E-state index is 0.321. The first kappa shape index (κ1) is 12.7. The van der Waals surface area contributed by atoms with Gasteiger partial charge in [0.2, 0.25) is 0 Å². The highest BCUT2D eigenvalue weighted by molar-refractivity contribution is 5.27. The molecule has 2 aromatic rings. The zero-order chi connectivity index (χ0) is 13.0. The number of hydrogen-bond donors (Lipinski definition) is 2. The summed E-state index contributed by atoms with van der Waals surface area (Å²) in [4.78, 5) is 0. The molecule has 0 aliphatic heterocycles. The molecule has 0 aliphatic rings. The average molecular weight is 244 g/mol. The third kappa shape index (κ3) is 3.37. The fraction of sp³-hybridized carbons (Fsp3) is 0.333. The van der Waals surface area contributed by atoms with Crippen molar-refractivity contribution in [1.29, 1.82) is 0 Å². The van der Waals surface area contributed by atoms with E-state index >= 15 is 0 Å². The molecular formula is C15H20N2O. The second-order valence-electron chi connectivity index (χ2n) is 4.83. The highest BCUT2D eigenvalue weighted by atomic mass is 16.3. The summed E-state index contributed by atoms with van der Waals surface area (Å²) in [6.07, 6.45) is 2.07. The second-order valence-corrected chi connectivity index (χ2v) is 4.83. The van der Waals surface area contributed by atoms with E-state index in [1.165, 1.54) is 5.69 Å². The molecule has 18 heavy (non-hydrogen) atoms. The first-order valence-corrected chi connectivity index (χ1v) is 6.30. The largest absolute Gasteiger partial charge is 0.508 e. The quantitative estimate of drug-likeness (QED) is 0.848. The van der Waals surface area contributed by atoms with E-state index in [1.54, 1.807) is 12.1 Å². The van der Waals surface area contributed by atoms with Gasteiger partial charge >= 0.3 is 0 Å². The summed E-state index contributed by atoms with van der Waals surface area (Å²) in [5, 5.41) is 12.9. The molecule has 0 saturated carbocycles. The van der Waals surface area contributed by atoms with Crippen LogP contribution in [0.15, 0.2) is 42.6 Å². The van der Waals surface area contributed by atoms with Crippen LogP contribution in [0.5, 0.6) is 5.75 Å². The molecule has 0 atom stereocenters. The molecule has 0 unspecified atom stereocenters. The lowest BCUT2D eigenvalue weighted by Crippen LogP contribution is -2.23. The van der Waals surface area contributed by atoms with Gasteiger partial charge in [-0.2, -0.15) is 0 Å². The third-order valence-electron chi connectivity index (χ3n) is 2.88. The molecule has 0 spiro atoms. The van der Waals surface area contributed by atoms with E-state index < -0.39 is 0 Å². The van der Waals surface area contributed by atoms with Crippen molar-refractivity contribution in [3.63, 3.8) is 0 Å². The summed E-state index contributed by atoms with van der Waals surface area (Å²) in [5.41, 5.74) is 2.36. The van der Waals surface area contributed by atoms with Crippen LogP contribution in [0.25, 0.3) is 0 Å². The Bertz CT molecular complexity index is 503. The smallest absolute Gasteiger partial charge is 0.115 e. The summed E-state index contributed by atoms with van der Waals surface area (Å²) in [6.45, 7) is 5.94. The minimum Gasteiger partial charge on any atom is -0.508 e. The fourth-order valence-corrected chi connectivity index (χ4v) is 1.92. The standard InChI is InChI=1S/C15H20N2O/c1-12(2)16-10-14-6-4-8-17(14)11-13-5-3-7-15(18)9-13/h3-9,12,16,18H,10-11H2,1-2H3. The van der Waals surface area contributed by atoms with E-state index in [1.807, 2.05) is 12.1 Å². The van der Waals surface area contributed by atoms with Crippen LogP contribution in [0, 0.1) is 0 Å². The molecule has 0 amide bonds. The average Bonchev–Trinajstić information content (AvgIpc) is 2.74. The van der Waals surface area contributed by atoms with Crippen molar-refractivity contribution in [2.45, 2.75) is 33.0 Å². The van der Waals surface area contributed by atoms with Crippen molar-refractivity contribution < 1.29 is 5.11 Å². The normalized spacial score (nSPS) is 11.1. The fourth-order valence-electron chi connectivity index (χ4n) is 1.92. The molecule has 0 bridgehead atoms. The second kappa shape index (κ2) is 5.74. The number of aromatic hydroxyl groups is 1. The predicted molar refractivity (Wildman–Crippen MR) is 73.6 cm³/mol. The van der Waals surface area contributed by atoms with Gasteiger partial charge in [-0.05, 0) is 29.8 Å². The lowest BCUT2D eigenvalue weighted by molar-refractivity contribution is 0.474. The van der Waals surface area contributed by atoms with Gasteiger partial charge in [0, 0.05) is 31.0 Å². The number of phenolic OH excluding ortho intramolecular Hbond substituents is 1. The summed E-state index contributed by atoms with van der Waals surface area (Å²) < 4.78 is 2.20. The monoisotopic (exact) mass is 244 g/mol. The molecule has 96 valence electrons. The Balaban J connectivity index is 2.07. The van der Waals surface area contributed by atoms with Gasteiger partial charge in [0.1, 0.15) is 5.75 Å². The van der Waals surface area contributed by atoms with E-state index in [9.17, 15) is 5.11 Å². The first-order chi connectivity index (χ1) is 8.65. The van der Waals surface area contributed by atoms with Gasteiger partial charge < -0.3 is 15.0 Å². The van der Waals surface area contributed by atoms with Crippen LogP contribution in [-0.2, 0) is 13.1 Å². The van der Waals surface area contributed by atoms with Gasteiger partial charge in [0.05, 0.1) is 0 Å².